The average molecular weight is 240 g/mol. The number of unbranched alkanes of at least 4 members (excludes halogenated alkanes) is 2. The van der Waals surface area contributed by atoms with Gasteiger partial charge in [-0.15, -0.1) is 24.2 Å². The molecule has 0 saturated carbocycles. The van der Waals surface area contributed by atoms with Crippen molar-refractivity contribution in [3.63, 3.8) is 0 Å². The fraction of sp³-hybridized carbons (Fsp3) is 0.900. The summed E-state index contributed by atoms with van der Waals surface area (Å²) >= 11 is 1.71. The van der Waals surface area contributed by atoms with Crippen LogP contribution in [-0.4, -0.2) is 16.9 Å². The van der Waals surface area contributed by atoms with Crippen LogP contribution in [0, 0.1) is 0 Å². The van der Waals surface area contributed by atoms with Gasteiger partial charge in [-0.1, -0.05) is 33.1 Å². The average Bonchev–Trinajstić information content (AvgIpc) is 2.10. The normalized spacial score (nSPS) is 11.9. The number of rotatable bonds is 8. The Morgan fingerprint density at radius 2 is 2.00 bits per heavy atom. The van der Waals surface area contributed by atoms with Gasteiger partial charge in [-0.05, 0) is 12.8 Å². The van der Waals surface area contributed by atoms with Gasteiger partial charge in [0.15, 0.2) is 0 Å². The minimum Gasteiger partial charge on any atom is -0.369 e. The smallest absolute Gasteiger partial charge is 0.227 e. The van der Waals surface area contributed by atoms with Gasteiger partial charge < -0.3 is 5.73 Å². The molecule has 2 nitrogen and oxygen atoms in total. The van der Waals surface area contributed by atoms with E-state index in [2.05, 4.69) is 13.8 Å². The zero-order chi connectivity index (χ0) is 10.1. The van der Waals surface area contributed by atoms with E-state index < -0.39 is 0 Å². The van der Waals surface area contributed by atoms with Gasteiger partial charge in [-0.2, -0.15) is 0 Å². The molecule has 0 aliphatic rings. The maximum atomic E-state index is 10.6. The van der Waals surface area contributed by atoms with Crippen LogP contribution in [0.5, 0.6) is 0 Å². The molecular weight excluding hydrogens is 218 g/mol. The Kier molecular flexibility index (Phi) is 13.2. The summed E-state index contributed by atoms with van der Waals surface area (Å²) in [5.41, 5.74) is 5.09. The van der Waals surface area contributed by atoms with Crippen molar-refractivity contribution in [2.75, 3.05) is 5.75 Å². The lowest BCUT2D eigenvalue weighted by atomic mass is 10.1. The largest absolute Gasteiger partial charge is 0.369 e. The second kappa shape index (κ2) is 11.2. The third-order valence-corrected chi connectivity index (χ3v) is 3.54. The summed E-state index contributed by atoms with van der Waals surface area (Å²) in [5.74, 6) is 0.281. The molecule has 0 aromatic carbocycles. The predicted octanol–water partition coefficient (Wildman–Crippen LogP) is 2.99. The minimum atomic E-state index is -0.195. The Bertz CT molecular complexity index is 144. The van der Waals surface area contributed by atoms with Gasteiger partial charge in [-0.25, -0.2) is 0 Å². The van der Waals surface area contributed by atoms with E-state index in [1.807, 2.05) is 0 Å². The molecule has 0 aliphatic carbocycles. The van der Waals surface area contributed by atoms with Gasteiger partial charge in [-0.3, -0.25) is 4.79 Å². The molecule has 1 unspecified atom stereocenters. The van der Waals surface area contributed by atoms with E-state index in [9.17, 15) is 4.79 Å². The van der Waals surface area contributed by atoms with Crippen molar-refractivity contribution in [2.45, 2.75) is 51.2 Å². The molecule has 0 aromatic rings. The Balaban J connectivity index is 0. The number of primary amides is 1. The zero-order valence-corrected chi connectivity index (χ0v) is 10.8. The maximum absolute atomic E-state index is 10.6. The predicted molar refractivity (Wildman–Crippen MR) is 67.1 cm³/mol. The van der Waals surface area contributed by atoms with Crippen LogP contribution in [0.1, 0.15) is 46.0 Å². The number of carbonyl (C=O) groups is 1. The molecule has 4 heteroatoms. The van der Waals surface area contributed by atoms with E-state index in [1.54, 1.807) is 11.8 Å². The molecule has 0 radical (unpaired) electrons. The summed E-state index contributed by atoms with van der Waals surface area (Å²) in [4.78, 5) is 10.6. The molecule has 0 fully saturated rings. The molecule has 1 atom stereocenters. The third-order valence-electron chi connectivity index (χ3n) is 2.05. The quantitative estimate of drug-likeness (QED) is 0.662. The van der Waals surface area contributed by atoms with Crippen molar-refractivity contribution in [2.24, 2.45) is 5.73 Å². The summed E-state index contributed by atoms with van der Waals surface area (Å²) in [7, 11) is 0. The lowest BCUT2D eigenvalue weighted by Crippen LogP contribution is -2.16. The first-order valence-electron chi connectivity index (χ1n) is 5.10. The Morgan fingerprint density at radius 1 is 1.36 bits per heavy atom. The van der Waals surface area contributed by atoms with Crippen LogP contribution >= 0.6 is 24.2 Å². The van der Waals surface area contributed by atoms with Gasteiger partial charge in [0.25, 0.3) is 0 Å². The fourth-order valence-electron chi connectivity index (χ4n) is 1.23. The Morgan fingerprint density at radius 3 is 2.43 bits per heavy atom. The van der Waals surface area contributed by atoms with Crippen molar-refractivity contribution in [1.82, 2.24) is 0 Å². The molecular formula is C10H22ClNOS. The van der Waals surface area contributed by atoms with Crippen molar-refractivity contribution in [3.05, 3.63) is 0 Å². The van der Waals surface area contributed by atoms with Gasteiger partial charge in [0.1, 0.15) is 0 Å². The van der Waals surface area contributed by atoms with Crippen molar-refractivity contribution < 1.29 is 4.79 Å². The van der Waals surface area contributed by atoms with E-state index in [4.69, 9.17) is 5.73 Å². The number of amides is 1. The van der Waals surface area contributed by atoms with Gasteiger partial charge in [0.2, 0.25) is 5.91 Å². The summed E-state index contributed by atoms with van der Waals surface area (Å²) < 4.78 is 0. The van der Waals surface area contributed by atoms with Gasteiger partial charge in [0, 0.05) is 5.25 Å². The van der Waals surface area contributed by atoms with Crippen LogP contribution in [0.25, 0.3) is 0 Å². The SMILES string of the molecule is CCCCCC(CC)SCC(N)=O.Cl. The lowest BCUT2D eigenvalue weighted by Gasteiger charge is -2.12. The number of nitrogens with two attached hydrogens (primary N) is 1. The lowest BCUT2D eigenvalue weighted by molar-refractivity contribution is -0.115. The number of halogens is 1. The highest BCUT2D eigenvalue weighted by atomic mass is 35.5. The summed E-state index contributed by atoms with van der Waals surface area (Å²) in [6.45, 7) is 4.38. The first-order valence-corrected chi connectivity index (χ1v) is 6.15. The second-order valence-corrected chi connectivity index (χ2v) is 4.59. The van der Waals surface area contributed by atoms with Crippen LogP contribution in [0.15, 0.2) is 0 Å². The highest BCUT2D eigenvalue weighted by Gasteiger charge is 2.07. The standard InChI is InChI=1S/C10H21NOS.ClH/c1-3-5-6-7-9(4-2)13-8-10(11)12;/h9H,3-8H2,1-2H3,(H2,11,12);1H. The first-order chi connectivity index (χ1) is 6.20. The van der Waals surface area contributed by atoms with Gasteiger partial charge in [0.05, 0.1) is 5.75 Å². The number of carbonyl (C=O) groups excluding carboxylic acids is 1. The number of thioether (sulfide) groups is 1. The Labute approximate surface area is 97.8 Å². The molecule has 86 valence electrons. The van der Waals surface area contributed by atoms with E-state index >= 15 is 0 Å². The van der Waals surface area contributed by atoms with E-state index in [1.165, 1.54) is 25.7 Å². The summed E-state index contributed by atoms with van der Waals surface area (Å²) in [5, 5.41) is 0.624. The van der Waals surface area contributed by atoms with Crippen LogP contribution in [0.3, 0.4) is 0 Å². The maximum Gasteiger partial charge on any atom is 0.227 e. The fourth-order valence-corrected chi connectivity index (χ4v) is 2.20. The molecule has 0 heterocycles. The minimum absolute atomic E-state index is 0. The summed E-state index contributed by atoms with van der Waals surface area (Å²) in [6, 6.07) is 0. The molecule has 0 rings (SSSR count). The molecule has 0 aromatic heterocycles. The molecule has 0 spiro atoms. The highest BCUT2D eigenvalue weighted by molar-refractivity contribution is 8.00. The van der Waals surface area contributed by atoms with E-state index in [-0.39, 0.29) is 18.3 Å². The molecule has 0 aliphatic heterocycles. The number of hydrogen-bond donors (Lipinski definition) is 1. The van der Waals surface area contributed by atoms with Crippen LogP contribution in [0.2, 0.25) is 0 Å². The first kappa shape index (κ1) is 16.5. The van der Waals surface area contributed by atoms with Crippen molar-refractivity contribution >= 4 is 30.1 Å². The molecule has 0 bridgehead atoms. The topological polar surface area (TPSA) is 43.1 Å². The summed E-state index contributed by atoms with van der Waals surface area (Å²) in [6.07, 6.45) is 6.20. The zero-order valence-electron chi connectivity index (χ0n) is 9.12. The van der Waals surface area contributed by atoms with Crippen LogP contribution in [0.4, 0.5) is 0 Å². The Hall–Kier alpha value is 0.110. The third kappa shape index (κ3) is 10.2. The van der Waals surface area contributed by atoms with Crippen molar-refractivity contribution in [3.8, 4) is 0 Å². The van der Waals surface area contributed by atoms with Crippen LogP contribution < -0.4 is 5.73 Å². The van der Waals surface area contributed by atoms with E-state index in [0.717, 1.165) is 6.42 Å². The molecule has 0 saturated heterocycles. The highest BCUT2D eigenvalue weighted by Crippen LogP contribution is 2.20. The van der Waals surface area contributed by atoms with Crippen molar-refractivity contribution in [1.29, 1.82) is 0 Å². The van der Waals surface area contributed by atoms with E-state index in [0.29, 0.717) is 11.0 Å². The van der Waals surface area contributed by atoms with Crippen LogP contribution in [-0.2, 0) is 4.79 Å². The molecule has 14 heavy (non-hydrogen) atoms. The number of hydrogen-bond acceptors (Lipinski definition) is 2. The monoisotopic (exact) mass is 239 g/mol. The molecule has 2 N–H and O–H groups in total. The second-order valence-electron chi connectivity index (χ2n) is 3.30. The molecule has 1 amide bonds. The van der Waals surface area contributed by atoms with Gasteiger partial charge >= 0.3 is 0 Å².